The summed E-state index contributed by atoms with van der Waals surface area (Å²) < 4.78 is 34.5. The van der Waals surface area contributed by atoms with E-state index in [0.717, 1.165) is 57.5 Å². The van der Waals surface area contributed by atoms with Crippen LogP contribution in [0.1, 0.15) is 38.2 Å². The molecule has 3 heterocycles. The Balaban J connectivity index is 0.00000561. The lowest BCUT2D eigenvalue weighted by molar-refractivity contribution is -0.229. The Morgan fingerprint density at radius 1 is 0.770 bits per heavy atom. The average Bonchev–Trinajstić information content (AvgIpc) is 3.81. The van der Waals surface area contributed by atoms with Gasteiger partial charge in [0.1, 0.15) is 46.2 Å². The summed E-state index contributed by atoms with van der Waals surface area (Å²) in [6.07, 6.45) is 5.34. The van der Waals surface area contributed by atoms with E-state index in [-0.39, 0.29) is 29.4 Å². The quantitative estimate of drug-likeness (QED) is 0.114. The van der Waals surface area contributed by atoms with Crippen LogP contribution in [0.4, 0.5) is 5.69 Å². The first-order valence-corrected chi connectivity index (χ1v) is 22.6. The first-order chi connectivity index (χ1) is 29.0. The number of aliphatic hydroxyl groups is 1. The van der Waals surface area contributed by atoms with E-state index in [1.165, 1.54) is 7.11 Å². The summed E-state index contributed by atoms with van der Waals surface area (Å²) in [6.45, 7) is 3.54. The van der Waals surface area contributed by atoms with Crippen LogP contribution < -0.4 is 56.7 Å². The van der Waals surface area contributed by atoms with Crippen LogP contribution in [-0.4, -0.2) is 108 Å². The van der Waals surface area contributed by atoms with Crippen LogP contribution in [-0.2, 0) is 24.5 Å². The number of nitrogens with zero attached hydrogens (tertiary/aromatic N) is 2. The maximum atomic E-state index is 14.7. The van der Waals surface area contributed by atoms with Gasteiger partial charge in [-0.1, -0.05) is 25.1 Å². The van der Waals surface area contributed by atoms with Crippen molar-refractivity contribution in [2.45, 2.75) is 61.8 Å². The minimum absolute atomic E-state index is 0. The zero-order valence-electron chi connectivity index (χ0n) is 35.9. The normalized spacial score (nSPS) is 26.0. The van der Waals surface area contributed by atoms with Crippen molar-refractivity contribution in [3.05, 3.63) is 109 Å². The lowest BCUT2D eigenvalue weighted by Gasteiger charge is -2.63. The van der Waals surface area contributed by atoms with E-state index in [9.17, 15) is 14.7 Å². The monoisotopic (exact) mass is 914 g/mol. The minimum atomic E-state index is -2.44. The summed E-state index contributed by atoms with van der Waals surface area (Å²) in [7, 11) is 7.35. The van der Waals surface area contributed by atoms with Crippen molar-refractivity contribution in [1.82, 2.24) is 4.90 Å². The summed E-state index contributed by atoms with van der Waals surface area (Å²) in [6, 6.07) is 29.6. The van der Waals surface area contributed by atoms with Crippen LogP contribution in [0.2, 0.25) is 0 Å². The van der Waals surface area contributed by atoms with Gasteiger partial charge in [-0.25, -0.2) is 4.79 Å². The summed E-state index contributed by atoms with van der Waals surface area (Å²) in [5.41, 5.74) is -1.85. The van der Waals surface area contributed by atoms with Gasteiger partial charge in [0.05, 0.1) is 47.8 Å². The molecule has 13 heteroatoms. The molecule has 1 saturated carbocycles. The zero-order chi connectivity index (χ0) is 42.5. The van der Waals surface area contributed by atoms with Gasteiger partial charge in [-0.05, 0) is 110 Å². The van der Waals surface area contributed by atoms with Crippen LogP contribution in [0, 0.1) is 5.41 Å². The number of halogens is 1. The van der Waals surface area contributed by atoms with Crippen molar-refractivity contribution in [3.8, 4) is 23.0 Å². The molecule has 0 aromatic heterocycles. The summed E-state index contributed by atoms with van der Waals surface area (Å²) in [5, 5.41) is 16.7. The Morgan fingerprint density at radius 2 is 1.30 bits per heavy atom. The van der Waals surface area contributed by atoms with E-state index in [2.05, 4.69) is 66.4 Å². The van der Waals surface area contributed by atoms with Gasteiger partial charge in [0, 0.05) is 48.6 Å². The van der Waals surface area contributed by atoms with E-state index in [1.54, 1.807) is 28.4 Å². The second-order valence-electron chi connectivity index (χ2n) is 16.4. The third-order valence-electron chi connectivity index (χ3n) is 14.0. The predicted molar refractivity (Wildman–Crippen MR) is 234 cm³/mol. The predicted octanol–water partition coefficient (Wildman–Crippen LogP) is 2.43. The van der Waals surface area contributed by atoms with Crippen LogP contribution in [0.25, 0.3) is 0 Å². The number of ether oxygens (including phenoxy) is 6. The fourth-order valence-electron chi connectivity index (χ4n) is 11.5. The number of carbonyl (C=O) groups is 2. The third-order valence-corrected chi connectivity index (χ3v) is 18.5. The molecule has 0 amide bonds. The van der Waals surface area contributed by atoms with E-state index in [1.807, 2.05) is 60.5 Å². The van der Waals surface area contributed by atoms with Gasteiger partial charge in [0.25, 0.3) is 0 Å². The lowest BCUT2D eigenvalue weighted by Crippen LogP contribution is -3.00. The van der Waals surface area contributed by atoms with Gasteiger partial charge >= 0.3 is 11.9 Å². The van der Waals surface area contributed by atoms with E-state index >= 15 is 0 Å². The summed E-state index contributed by atoms with van der Waals surface area (Å²) in [5.74, 6) is 1.62. The Bertz CT molecular complexity index is 2140. The molecule has 11 nitrogen and oxygen atoms in total. The standard InChI is InChI=1S/C48H56N2O9P.BrH/c1-8-46-26-10-28-50-29-27-47(42(46)50)39-25-18-35(57-6)31-40(39)49(2)43(47)48(53,45(52)58-7)44(46)59-41(51)11-9-30-60(36-19-12-32(54-3)13-20-36,37-21-14-33(55-4)15-22-37)38-23-16-34(56-5)17-24-38;/h10,12-26,31,42-44,53H,8-9,11,27-30H2,1-7H3;1H/q+1;/p-1/t42-,43+,44+,46+,47+,48-;/m0./s1. The summed E-state index contributed by atoms with van der Waals surface area (Å²) >= 11 is 0. The van der Waals surface area contributed by atoms with Crippen molar-refractivity contribution >= 4 is 40.8 Å². The molecule has 1 saturated heterocycles. The van der Waals surface area contributed by atoms with Crippen molar-refractivity contribution in [3.63, 3.8) is 0 Å². The number of benzene rings is 4. The number of rotatable bonds is 14. The van der Waals surface area contributed by atoms with E-state index in [4.69, 9.17) is 28.4 Å². The van der Waals surface area contributed by atoms with E-state index < -0.39 is 47.8 Å². The highest BCUT2D eigenvalue weighted by molar-refractivity contribution is 7.95. The highest BCUT2D eigenvalue weighted by Crippen LogP contribution is 2.67. The van der Waals surface area contributed by atoms with Crippen LogP contribution in [0.3, 0.4) is 0 Å². The van der Waals surface area contributed by atoms with Crippen LogP contribution >= 0.6 is 7.26 Å². The molecule has 0 bridgehead atoms. The average molecular weight is 916 g/mol. The van der Waals surface area contributed by atoms with Crippen molar-refractivity contribution in [2.75, 3.05) is 66.7 Å². The summed E-state index contributed by atoms with van der Waals surface area (Å²) in [4.78, 5) is 33.5. The Labute approximate surface area is 370 Å². The molecule has 2 fully saturated rings. The third kappa shape index (κ3) is 6.71. The maximum Gasteiger partial charge on any atom is 0.344 e. The smallest absolute Gasteiger partial charge is 0.344 e. The Hall–Kier alpha value is -4.61. The molecule has 6 atom stereocenters. The second-order valence-corrected chi connectivity index (χ2v) is 20.0. The maximum absolute atomic E-state index is 14.7. The highest BCUT2D eigenvalue weighted by atomic mass is 79.9. The first-order valence-electron chi connectivity index (χ1n) is 20.7. The Kier molecular flexibility index (Phi) is 12.6. The number of likely N-dealkylation sites (N-methyl/N-ethyl adjacent to an activating group) is 1. The largest absolute Gasteiger partial charge is 1.00 e. The van der Waals surface area contributed by atoms with Gasteiger partial charge in [0.2, 0.25) is 5.60 Å². The number of methoxy groups -OCH3 is 5. The minimum Gasteiger partial charge on any atom is -1.00 e. The molecular weight excluding hydrogens is 859 g/mol. The van der Waals surface area contributed by atoms with Gasteiger partial charge < -0.3 is 55.4 Å². The molecule has 0 radical (unpaired) electrons. The molecule has 324 valence electrons. The molecule has 8 rings (SSSR count). The van der Waals surface area contributed by atoms with Gasteiger partial charge in [-0.15, -0.1) is 0 Å². The SMILES string of the molecule is CC[C@]12C=CCN3CC[C@@]4(c5ccc(OC)cc5N(C)[C@H]4[C@@](O)(C(=O)OC)[C@@H]1OC(=O)CCC[P+](c1ccc(OC)cc1)(c1ccc(OC)cc1)c1ccc(OC)cc1)[C@@H]32.[Br-]. The first kappa shape index (κ1) is 44.4. The molecule has 61 heavy (non-hydrogen) atoms. The topological polar surface area (TPSA) is 116 Å². The number of hydrogen-bond donors (Lipinski definition) is 1. The van der Waals surface area contributed by atoms with Crippen molar-refractivity contribution in [1.29, 1.82) is 0 Å². The van der Waals surface area contributed by atoms with Gasteiger partial charge in [-0.2, -0.15) is 0 Å². The molecule has 3 aliphatic heterocycles. The number of hydrogen-bond acceptors (Lipinski definition) is 11. The lowest BCUT2D eigenvalue weighted by atomic mass is 9.47. The molecule has 0 unspecified atom stereocenters. The highest BCUT2D eigenvalue weighted by Gasteiger charge is 2.80. The molecule has 1 aliphatic carbocycles. The van der Waals surface area contributed by atoms with Crippen molar-refractivity contribution < 1.29 is 60.1 Å². The zero-order valence-corrected chi connectivity index (χ0v) is 38.4. The molecule has 1 N–H and O–H groups in total. The van der Waals surface area contributed by atoms with Crippen LogP contribution in [0.5, 0.6) is 23.0 Å². The van der Waals surface area contributed by atoms with Crippen LogP contribution in [0.15, 0.2) is 103 Å². The molecule has 1 spiro atoms. The number of esters is 2. The van der Waals surface area contributed by atoms with E-state index in [0.29, 0.717) is 31.2 Å². The second kappa shape index (κ2) is 17.3. The fourth-order valence-corrected chi connectivity index (χ4v) is 15.8. The number of carbonyl (C=O) groups excluding carboxylic acids is 2. The Morgan fingerprint density at radius 3 is 1.79 bits per heavy atom. The molecular formula is C48H56BrN2O9P. The van der Waals surface area contributed by atoms with Gasteiger partial charge in [0.15, 0.2) is 6.10 Å². The van der Waals surface area contributed by atoms with Crippen molar-refractivity contribution in [2.24, 2.45) is 5.41 Å². The number of anilines is 1. The fraction of sp³-hybridized carbons (Fsp3) is 0.417. The molecule has 4 aromatic carbocycles. The molecule has 4 aromatic rings. The van der Waals surface area contributed by atoms with Gasteiger partial charge in [-0.3, -0.25) is 9.69 Å². The molecule has 4 aliphatic rings. The number of fused-ring (bicyclic) bond motifs is 1.